The molecule has 1 heterocycles. The predicted molar refractivity (Wildman–Crippen MR) is 111 cm³/mol. The summed E-state index contributed by atoms with van der Waals surface area (Å²) in [7, 11) is 0. The fraction of sp³-hybridized carbons (Fsp3) is 0.480. The van der Waals surface area contributed by atoms with Gasteiger partial charge in [0.2, 0.25) is 5.91 Å². The molecular formula is C25H31NO. The molecule has 1 saturated carbocycles. The molecule has 2 aromatic rings. The first kappa shape index (κ1) is 18.3. The van der Waals surface area contributed by atoms with Crippen LogP contribution < -0.4 is 0 Å². The first-order valence-corrected chi connectivity index (χ1v) is 10.6. The molecule has 4 rings (SSSR count). The number of amides is 1. The van der Waals surface area contributed by atoms with E-state index in [1.54, 1.807) is 0 Å². The molecule has 1 aliphatic heterocycles. The van der Waals surface area contributed by atoms with Gasteiger partial charge in [0.15, 0.2) is 0 Å². The minimum Gasteiger partial charge on any atom is -0.339 e. The highest BCUT2D eigenvalue weighted by Crippen LogP contribution is 2.44. The zero-order valence-corrected chi connectivity index (χ0v) is 16.4. The molecule has 2 heteroatoms. The number of piperidine rings is 1. The maximum atomic E-state index is 13.1. The van der Waals surface area contributed by atoms with Crippen LogP contribution in [0.5, 0.6) is 0 Å². The van der Waals surface area contributed by atoms with Crippen molar-refractivity contribution in [3.05, 3.63) is 71.3 Å². The predicted octanol–water partition coefficient (Wildman–Crippen LogP) is 5.50. The van der Waals surface area contributed by atoms with Gasteiger partial charge in [-0.25, -0.2) is 0 Å². The molecule has 0 unspecified atom stereocenters. The molecule has 2 aromatic carbocycles. The summed E-state index contributed by atoms with van der Waals surface area (Å²) in [6.07, 6.45) is 7.66. The molecule has 3 atom stereocenters. The van der Waals surface area contributed by atoms with Crippen LogP contribution in [0.1, 0.15) is 61.1 Å². The van der Waals surface area contributed by atoms with Crippen molar-refractivity contribution in [3.8, 4) is 0 Å². The van der Waals surface area contributed by atoms with Crippen LogP contribution >= 0.6 is 0 Å². The summed E-state index contributed by atoms with van der Waals surface area (Å²) in [6.45, 7) is 3.07. The highest BCUT2D eigenvalue weighted by atomic mass is 16.2. The molecule has 1 aliphatic carbocycles. The van der Waals surface area contributed by atoms with Gasteiger partial charge in [0.05, 0.1) is 0 Å². The Bertz CT molecular complexity index is 769. The Labute approximate surface area is 163 Å². The van der Waals surface area contributed by atoms with Gasteiger partial charge >= 0.3 is 0 Å². The Morgan fingerprint density at radius 1 is 0.963 bits per heavy atom. The van der Waals surface area contributed by atoms with Crippen LogP contribution in [-0.2, 0) is 11.2 Å². The summed E-state index contributed by atoms with van der Waals surface area (Å²) in [5, 5.41) is 0. The van der Waals surface area contributed by atoms with E-state index in [4.69, 9.17) is 0 Å². The minimum absolute atomic E-state index is 0.363. The normalized spacial score (nSPS) is 25.1. The van der Waals surface area contributed by atoms with E-state index in [0.29, 0.717) is 30.2 Å². The SMILES string of the molecule is Cc1ccccc1CCC(=O)N1CC[C@@H](c2ccccc2)[C@@H]2CCCC[C@H]21. The summed E-state index contributed by atoms with van der Waals surface area (Å²) >= 11 is 0. The minimum atomic E-state index is 0.363. The quantitative estimate of drug-likeness (QED) is 0.704. The lowest BCUT2D eigenvalue weighted by molar-refractivity contribution is -0.138. The van der Waals surface area contributed by atoms with Crippen LogP contribution in [0.2, 0.25) is 0 Å². The van der Waals surface area contributed by atoms with Crippen molar-refractivity contribution >= 4 is 5.91 Å². The Kier molecular flexibility index (Phi) is 5.61. The van der Waals surface area contributed by atoms with Crippen molar-refractivity contribution in [1.82, 2.24) is 4.90 Å². The molecule has 1 saturated heterocycles. The molecule has 27 heavy (non-hydrogen) atoms. The van der Waals surface area contributed by atoms with Crippen LogP contribution in [0.25, 0.3) is 0 Å². The summed E-state index contributed by atoms with van der Waals surface area (Å²) in [4.78, 5) is 15.4. The third kappa shape index (κ3) is 3.95. The number of likely N-dealkylation sites (tertiary alicyclic amines) is 1. The Hall–Kier alpha value is -2.09. The second-order valence-electron chi connectivity index (χ2n) is 8.34. The average Bonchev–Trinajstić information content (AvgIpc) is 2.73. The molecule has 1 amide bonds. The zero-order valence-electron chi connectivity index (χ0n) is 16.4. The second-order valence-corrected chi connectivity index (χ2v) is 8.34. The van der Waals surface area contributed by atoms with Gasteiger partial charge in [-0.15, -0.1) is 0 Å². The zero-order chi connectivity index (χ0) is 18.6. The smallest absolute Gasteiger partial charge is 0.223 e. The van der Waals surface area contributed by atoms with E-state index in [9.17, 15) is 4.79 Å². The van der Waals surface area contributed by atoms with Crippen molar-refractivity contribution in [2.24, 2.45) is 5.92 Å². The average molecular weight is 362 g/mol. The standard InChI is InChI=1S/C25H31NO/c1-19-9-5-6-10-20(19)15-16-25(27)26-18-17-22(21-11-3-2-4-12-21)23-13-7-8-14-24(23)26/h2-6,9-12,22-24H,7-8,13-18H2,1H3/t22-,23-,24+/m0/s1. The van der Waals surface area contributed by atoms with E-state index in [1.165, 1.54) is 42.4 Å². The third-order valence-corrected chi connectivity index (χ3v) is 6.80. The topological polar surface area (TPSA) is 20.3 Å². The summed E-state index contributed by atoms with van der Waals surface area (Å²) in [5.74, 6) is 1.62. The maximum Gasteiger partial charge on any atom is 0.223 e. The molecule has 2 aliphatic rings. The largest absolute Gasteiger partial charge is 0.339 e. The van der Waals surface area contributed by atoms with E-state index in [0.717, 1.165) is 19.4 Å². The number of nitrogens with zero attached hydrogens (tertiary/aromatic N) is 1. The van der Waals surface area contributed by atoms with Gasteiger partial charge < -0.3 is 4.90 Å². The fourth-order valence-corrected chi connectivity index (χ4v) is 5.35. The van der Waals surface area contributed by atoms with E-state index in [-0.39, 0.29) is 0 Å². The number of carbonyl (C=O) groups excluding carboxylic acids is 1. The lowest BCUT2D eigenvalue weighted by Gasteiger charge is -2.48. The van der Waals surface area contributed by atoms with Gasteiger partial charge in [0.25, 0.3) is 0 Å². The maximum absolute atomic E-state index is 13.1. The number of carbonyl (C=O) groups is 1. The Morgan fingerprint density at radius 2 is 1.70 bits per heavy atom. The highest BCUT2D eigenvalue weighted by Gasteiger charge is 2.41. The number of hydrogen-bond acceptors (Lipinski definition) is 1. The summed E-state index contributed by atoms with van der Waals surface area (Å²) in [6, 6.07) is 19.9. The van der Waals surface area contributed by atoms with E-state index in [1.807, 2.05) is 0 Å². The number of benzene rings is 2. The molecular weight excluding hydrogens is 330 g/mol. The first-order valence-electron chi connectivity index (χ1n) is 10.6. The Morgan fingerprint density at radius 3 is 2.52 bits per heavy atom. The van der Waals surface area contributed by atoms with E-state index >= 15 is 0 Å². The van der Waals surface area contributed by atoms with Gasteiger partial charge in [-0.05, 0) is 61.1 Å². The molecule has 2 fully saturated rings. The van der Waals surface area contributed by atoms with Gasteiger partial charge in [-0.3, -0.25) is 4.79 Å². The van der Waals surface area contributed by atoms with Crippen LogP contribution in [0, 0.1) is 12.8 Å². The lowest BCUT2D eigenvalue weighted by Crippen LogP contribution is -2.52. The molecule has 0 spiro atoms. The molecule has 142 valence electrons. The molecule has 0 bridgehead atoms. The first-order chi connectivity index (χ1) is 13.2. The van der Waals surface area contributed by atoms with E-state index in [2.05, 4.69) is 66.4 Å². The number of hydrogen-bond donors (Lipinski definition) is 0. The number of fused-ring (bicyclic) bond motifs is 1. The van der Waals surface area contributed by atoms with Crippen molar-refractivity contribution in [2.45, 2.75) is 63.8 Å². The van der Waals surface area contributed by atoms with Crippen molar-refractivity contribution < 1.29 is 4.79 Å². The van der Waals surface area contributed by atoms with E-state index < -0.39 is 0 Å². The van der Waals surface area contributed by atoms with Gasteiger partial charge in [-0.2, -0.15) is 0 Å². The van der Waals surface area contributed by atoms with Gasteiger partial charge in [0, 0.05) is 19.0 Å². The fourth-order valence-electron chi connectivity index (χ4n) is 5.35. The van der Waals surface area contributed by atoms with Crippen molar-refractivity contribution in [2.75, 3.05) is 6.54 Å². The molecule has 0 N–H and O–H groups in total. The molecule has 0 aromatic heterocycles. The van der Waals surface area contributed by atoms with Crippen LogP contribution in [0.4, 0.5) is 0 Å². The second kappa shape index (κ2) is 8.29. The van der Waals surface area contributed by atoms with Crippen LogP contribution in [-0.4, -0.2) is 23.4 Å². The summed E-state index contributed by atoms with van der Waals surface area (Å²) in [5.41, 5.74) is 4.08. The van der Waals surface area contributed by atoms with Crippen molar-refractivity contribution in [3.63, 3.8) is 0 Å². The number of rotatable bonds is 4. The highest BCUT2D eigenvalue weighted by molar-refractivity contribution is 5.77. The molecule has 0 radical (unpaired) electrons. The van der Waals surface area contributed by atoms with Gasteiger partial charge in [-0.1, -0.05) is 67.4 Å². The number of aryl methyl sites for hydroxylation is 2. The van der Waals surface area contributed by atoms with Crippen LogP contribution in [0.3, 0.4) is 0 Å². The summed E-state index contributed by atoms with van der Waals surface area (Å²) < 4.78 is 0. The monoisotopic (exact) mass is 361 g/mol. The van der Waals surface area contributed by atoms with Crippen LogP contribution in [0.15, 0.2) is 54.6 Å². The molecule has 2 nitrogen and oxygen atoms in total. The van der Waals surface area contributed by atoms with Crippen molar-refractivity contribution in [1.29, 1.82) is 0 Å². The van der Waals surface area contributed by atoms with Gasteiger partial charge in [0.1, 0.15) is 0 Å². The Balaban J connectivity index is 1.46. The lowest BCUT2D eigenvalue weighted by atomic mass is 9.69. The third-order valence-electron chi connectivity index (χ3n) is 6.80.